The highest BCUT2D eigenvalue weighted by Gasteiger charge is 2.20. The first-order chi connectivity index (χ1) is 17.9. The van der Waals surface area contributed by atoms with Crippen LogP contribution in [0.5, 0.6) is 11.5 Å². The van der Waals surface area contributed by atoms with Crippen molar-refractivity contribution in [2.45, 2.75) is 19.6 Å². The predicted molar refractivity (Wildman–Crippen MR) is 142 cm³/mol. The monoisotopic (exact) mass is 504 g/mol. The number of ether oxygens (including phenoxy) is 2. The third-order valence-corrected chi connectivity index (χ3v) is 5.55. The van der Waals surface area contributed by atoms with Crippen molar-refractivity contribution < 1.29 is 14.6 Å². The molecule has 2 heterocycles. The van der Waals surface area contributed by atoms with E-state index in [1.807, 2.05) is 42.5 Å². The van der Waals surface area contributed by atoms with Crippen LogP contribution in [-0.2, 0) is 13.6 Å². The maximum Gasteiger partial charge on any atom is 0.329 e. The number of hydrazone groups is 1. The summed E-state index contributed by atoms with van der Waals surface area (Å²) in [4.78, 5) is 31.5. The van der Waals surface area contributed by atoms with Gasteiger partial charge in [-0.25, -0.2) is 10.2 Å². The zero-order valence-corrected chi connectivity index (χ0v) is 20.7. The molecule has 0 aliphatic rings. The first-order valence-electron chi connectivity index (χ1n) is 11.5. The molecule has 4 rings (SSSR count). The summed E-state index contributed by atoms with van der Waals surface area (Å²) in [5, 5.41) is 15.1. The first kappa shape index (κ1) is 25.5. The highest BCUT2D eigenvalue weighted by Crippen LogP contribution is 2.19. The van der Waals surface area contributed by atoms with Crippen LogP contribution < -0.4 is 26.1 Å². The maximum atomic E-state index is 12.7. The Morgan fingerprint density at radius 2 is 1.86 bits per heavy atom. The highest BCUT2D eigenvalue weighted by atomic mass is 16.5. The summed E-state index contributed by atoms with van der Waals surface area (Å²) in [6.45, 7) is 1.72. The number of aromatic nitrogens is 4. The Balaban J connectivity index is 1.57. The summed E-state index contributed by atoms with van der Waals surface area (Å²) in [5.41, 5.74) is 3.60. The molecule has 0 aliphatic carbocycles. The smallest absolute Gasteiger partial charge is 0.329 e. The van der Waals surface area contributed by atoms with Gasteiger partial charge >= 0.3 is 5.69 Å². The number of fused-ring (bicyclic) bond motifs is 1. The fourth-order valence-electron chi connectivity index (χ4n) is 3.58. The van der Waals surface area contributed by atoms with E-state index in [-0.39, 0.29) is 30.3 Å². The van der Waals surface area contributed by atoms with E-state index in [1.54, 1.807) is 38.3 Å². The van der Waals surface area contributed by atoms with Crippen molar-refractivity contribution in [3.63, 3.8) is 0 Å². The van der Waals surface area contributed by atoms with Crippen LogP contribution in [0.4, 0.5) is 5.95 Å². The molecule has 3 N–H and O–H groups in total. The first-order valence-corrected chi connectivity index (χ1v) is 11.5. The van der Waals surface area contributed by atoms with E-state index in [0.29, 0.717) is 17.2 Å². The molecule has 4 aromatic rings. The summed E-state index contributed by atoms with van der Waals surface area (Å²) >= 11 is 0. The zero-order valence-electron chi connectivity index (χ0n) is 20.7. The van der Waals surface area contributed by atoms with Gasteiger partial charge in [0.25, 0.3) is 5.56 Å². The van der Waals surface area contributed by atoms with Crippen molar-refractivity contribution in [2.24, 2.45) is 12.1 Å². The molecule has 2 aromatic carbocycles. The van der Waals surface area contributed by atoms with Gasteiger partial charge in [0, 0.05) is 7.05 Å². The van der Waals surface area contributed by atoms with Crippen molar-refractivity contribution in [3.8, 4) is 11.5 Å². The summed E-state index contributed by atoms with van der Waals surface area (Å²) < 4.78 is 13.5. The average molecular weight is 505 g/mol. The maximum absolute atomic E-state index is 12.7. The van der Waals surface area contributed by atoms with Crippen LogP contribution in [0, 0.1) is 0 Å². The number of aliphatic hydroxyl groups excluding tert-OH is 1. The van der Waals surface area contributed by atoms with E-state index in [1.165, 1.54) is 16.2 Å². The van der Waals surface area contributed by atoms with Gasteiger partial charge in [-0.1, -0.05) is 36.4 Å². The van der Waals surface area contributed by atoms with Crippen molar-refractivity contribution >= 4 is 28.9 Å². The molecule has 0 fully saturated rings. The van der Waals surface area contributed by atoms with Gasteiger partial charge in [-0.15, -0.1) is 0 Å². The molecular weight excluding hydrogens is 476 g/mol. The fraction of sp³-hybridized carbons (Fsp3) is 0.231. The molecule has 192 valence electrons. The lowest BCUT2D eigenvalue weighted by Gasteiger charge is -2.15. The van der Waals surface area contributed by atoms with Crippen LogP contribution in [0.2, 0.25) is 0 Å². The number of methoxy groups -OCH3 is 1. The van der Waals surface area contributed by atoms with Gasteiger partial charge in [0.15, 0.2) is 11.2 Å². The second-order valence-corrected chi connectivity index (χ2v) is 8.29. The molecule has 0 amide bonds. The Hall–Kier alpha value is -4.64. The van der Waals surface area contributed by atoms with Gasteiger partial charge in [0.1, 0.15) is 24.2 Å². The van der Waals surface area contributed by atoms with Crippen LogP contribution in [0.25, 0.3) is 17.2 Å². The average Bonchev–Trinajstić information content (AvgIpc) is 3.27. The van der Waals surface area contributed by atoms with Crippen LogP contribution in [0.1, 0.15) is 12.5 Å². The molecule has 11 heteroatoms. The number of allylic oxidation sites excluding steroid dienone is 1. The fourth-order valence-corrected chi connectivity index (χ4v) is 3.58. The molecule has 11 nitrogen and oxygen atoms in total. The number of aromatic amines is 1. The van der Waals surface area contributed by atoms with Crippen molar-refractivity contribution in [3.05, 3.63) is 87.1 Å². The third-order valence-electron chi connectivity index (χ3n) is 5.55. The number of aryl methyl sites for hydroxylation is 1. The number of rotatable bonds is 10. The SMILES string of the molecule is COc1ccc(OCC(O)Cn2c(N/N=C(C)\C=C\c3ccccc3)nc3c2c(=O)[nH]c(=O)n3C)cc1. The number of hydrogen-bond acceptors (Lipinski definition) is 8. The lowest BCUT2D eigenvalue weighted by molar-refractivity contribution is 0.0938. The van der Waals surface area contributed by atoms with Crippen LogP contribution in [0.3, 0.4) is 0 Å². The lowest BCUT2D eigenvalue weighted by atomic mass is 10.2. The summed E-state index contributed by atoms with van der Waals surface area (Å²) in [6, 6.07) is 16.7. The Kier molecular flexibility index (Phi) is 7.84. The number of H-pyrrole nitrogens is 1. The van der Waals surface area contributed by atoms with Crippen molar-refractivity contribution in [1.29, 1.82) is 0 Å². The molecule has 0 radical (unpaired) electrons. The van der Waals surface area contributed by atoms with Crippen LogP contribution >= 0.6 is 0 Å². The molecule has 0 saturated carbocycles. The Morgan fingerprint density at radius 3 is 2.57 bits per heavy atom. The van der Waals surface area contributed by atoms with Gasteiger partial charge in [-0.3, -0.25) is 14.3 Å². The van der Waals surface area contributed by atoms with Gasteiger partial charge in [0.05, 0.1) is 19.4 Å². The van der Waals surface area contributed by atoms with Gasteiger partial charge in [-0.2, -0.15) is 10.1 Å². The van der Waals surface area contributed by atoms with Gasteiger partial charge in [-0.05, 0) is 42.8 Å². The second-order valence-electron chi connectivity index (χ2n) is 8.29. The number of nitrogens with one attached hydrogen (secondary N) is 2. The normalized spacial score (nSPS) is 12.7. The minimum atomic E-state index is -1.00. The lowest BCUT2D eigenvalue weighted by Crippen LogP contribution is -2.30. The third kappa shape index (κ3) is 6.14. The van der Waals surface area contributed by atoms with E-state index in [9.17, 15) is 14.7 Å². The van der Waals surface area contributed by atoms with E-state index in [4.69, 9.17) is 9.47 Å². The summed E-state index contributed by atoms with van der Waals surface area (Å²) in [5.74, 6) is 1.44. The summed E-state index contributed by atoms with van der Waals surface area (Å²) in [6.07, 6.45) is 2.74. The molecule has 1 unspecified atom stereocenters. The Morgan fingerprint density at radius 1 is 1.16 bits per heavy atom. The number of nitrogens with zero attached hydrogens (tertiary/aromatic N) is 4. The number of anilines is 1. The minimum absolute atomic E-state index is 0.0370. The number of benzene rings is 2. The van der Waals surface area contributed by atoms with E-state index in [2.05, 4.69) is 20.5 Å². The van der Waals surface area contributed by atoms with Crippen LogP contribution in [0.15, 0.2) is 75.4 Å². The number of aliphatic hydroxyl groups is 1. The number of hydrogen-bond donors (Lipinski definition) is 3. The van der Waals surface area contributed by atoms with E-state index < -0.39 is 17.4 Å². The quantitative estimate of drug-likeness (QED) is 0.223. The molecule has 0 saturated heterocycles. The van der Waals surface area contributed by atoms with Crippen LogP contribution in [-0.4, -0.2) is 49.7 Å². The molecule has 1 atom stereocenters. The largest absolute Gasteiger partial charge is 0.497 e. The predicted octanol–water partition coefficient (Wildman–Crippen LogP) is 2.37. The molecule has 0 aliphatic heterocycles. The zero-order chi connectivity index (χ0) is 26.4. The van der Waals surface area contributed by atoms with Crippen molar-refractivity contribution in [1.82, 2.24) is 19.1 Å². The molecular formula is C26H28N6O5. The molecule has 2 aromatic heterocycles. The molecule has 0 spiro atoms. The number of imidazole rings is 1. The van der Waals surface area contributed by atoms with Gasteiger partial charge in [0.2, 0.25) is 5.95 Å². The summed E-state index contributed by atoms with van der Waals surface area (Å²) in [7, 11) is 3.07. The second kappa shape index (κ2) is 11.4. The molecule has 0 bridgehead atoms. The standard InChI is InChI=1S/C26H28N6O5/c1-17(9-10-18-7-5-4-6-8-18)29-30-25-27-23-22(24(34)28-26(35)31(23)2)32(25)15-19(33)16-37-21-13-11-20(36-3)12-14-21/h4-14,19,33H,15-16H2,1-3H3,(H,27,30)(H,28,34,35)/b10-9+,29-17-. The molecule has 37 heavy (non-hydrogen) atoms. The Labute approximate surface area is 212 Å². The highest BCUT2D eigenvalue weighted by molar-refractivity contribution is 5.96. The minimum Gasteiger partial charge on any atom is -0.497 e. The topological polar surface area (TPSA) is 136 Å². The van der Waals surface area contributed by atoms with E-state index in [0.717, 1.165) is 5.56 Å². The van der Waals surface area contributed by atoms with Crippen molar-refractivity contribution in [2.75, 3.05) is 19.1 Å². The van der Waals surface area contributed by atoms with Gasteiger partial charge < -0.3 is 19.1 Å². The Bertz CT molecular complexity index is 1530. The van der Waals surface area contributed by atoms with E-state index >= 15 is 0 Å².